The number of allylic oxidation sites excluding steroid dienone is 3. The van der Waals surface area contributed by atoms with Crippen LogP contribution >= 0.6 is 0 Å². The predicted molar refractivity (Wildman–Crippen MR) is 157 cm³/mol. The molecule has 0 radical (unpaired) electrons. The van der Waals surface area contributed by atoms with Crippen molar-refractivity contribution in [2.24, 2.45) is 29.1 Å². The number of hydrogen-bond donors (Lipinski definition) is 3. The van der Waals surface area contributed by atoms with Gasteiger partial charge in [0.1, 0.15) is 18.3 Å². The highest BCUT2D eigenvalue weighted by molar-refractivity contribution is 5.90. The first-order valence-corrected chi connectivity index (χ1v) is 15.7. The Bertz CT molecular complexity index is 996. The van der Waals surface area contributed by atoms with Gasteiger partial charge in [-0.25, -0.2) is 4.79 Å². The van der Waals surface area contributed by atoms with Crippen LogP contribution in [0.25, 0.3) is 0 Å². The second kappa shape index (κ2) is 13.5. The molecule has 3 N–H and O–H groups in total. The predicted octanol–water partition coefficient (Wildman–Crippen LogP) is 5.82. The third-order valence-electron chi connectivity index (χ3n) is 10.6. The summed E-state index contributed by atoms with van der Waals surface area (Å²) in [6.45, 7) is 15.5. The number of esters is 1. The molecule has 0 amide bonds. The number of fused-ring (bicyclic) bond motifs is 1. The van der Waals surface area contributed by atoms with Crippen molar-refractivity contribution < 1.29 is 29.6 Å². The molecule has 6 heteroatoms. The summed E-state index contributed by atoms with van der Waals surface area (Å²) in [4.78, 5) is 12.3. The molecule has 0 spiro atoms. The molecule has 0 aromatic heterocycles. The lowest BCUT2D eigenvalue weighted by atomic mass is 9.60. The van der Waals surface area contributed by atoms with Gasteiger partial charge in [0.15, 0.2) is 0 Å². The van der Waals surface area contributed by atoms with E-state index in [1.807, 2.05) is 0 Å². The first kappa shape index (κ1) is 31.2. The third kappa shape index (κ3) is 6.35. The van der Waals surface area contributed by atoms with Crippen LogP contribution < -0.4 is 0 Å². The second-order valence-electron chi connectivity index (χ2n) is 13.1. The zero-order valence-electron chi connectivity index (χ0n) is 24.9. The molecule has 224 valence electrons. The van der Waals surface area contributed by atoms with E-state index < -0.39 is 18.3 Å². The molecule has 4 fully saturated rings. The maximum absolute atomic E-state index is 12.3. The van der Waals surface area contributed by atoms with Gasteiger partial charge in [0.05, 0.1) is 6.10 Å². The van der Waals surface area contributed by atoms with Gasteiger partial charge in [0.25, 0.3) is 0 Å². The highest BCUT2D eigenvalue weighted by Crippen LogP contribution is 2.60. The van der Waals surface area contributed by atoms with Gasteiger partial charge in [-0.1, -0.05) is 64.5 Å². The lowest BCUT2D eigenvalue weighted by Crippen LogP contribution is -2.45. The fourth-order valence-corrected chi connectivity index (χ4v) is 8.35. The molecule has 0 unspecified atom stereocenters. The molecule has 0 aromatic carbocycles. The van der Waals surface area contributed by atoms with E-state index in [0.717, 1.165) is 44.1 Å². The van der Waals surface area contributed by atoms with Crippen molar-refractivity contribution in [2.75, 3.05) is 13.2 Å². The van der Waals surface area contributed by atoms with Crippen molar-refractivity contribution in [2.45, 2.75) is 116 Å². The van der Waals surface area contributed by atoms with Gasteiger partial charge in [-0.3, -0.25) is 0 Å². The van der Waals surface area contributed by atoms with Crippen molar-refractivity contribution in [3.05, 3.63) is 47.6 Å². The maximum Gasteiger partial charge on any atom is 0.334 e. The van der Waals surface area contributed by atoms with E-state index in [1.54, 1.807) is 0 Å². The van der Waals surface area contributed by atoms with Crippen molar-refractivity contribution in [3.8, 4) is 0 Å². The summed E-state index contributed by atoms with van der Waals surface area (Å²) in [6, 6.07) is 0. The molecular weight excluding hydrogens is 504 g/mol. The SMILES string of the molecule is C=C1/C(=C\C=C2/CCC[C@]3(C)[C@@H]([C@H](C)C[C@H]4OC(=O)C(=C)[C@H]4CCCC)CC[C@@H]23)C[C@@H](O)[C@H](OCCCO)[C@@H]1O. The molecule has 0 aromatic rings. The highest BCUT2D eigenvalue weighted by Gasteiger charge is 2.51. The summed E-state index contributed by atoms with van der Waals surface area (Å²) in [6.07, 6.45) is 12.6. The Morgan fingerprint density at radius 3 is 2.67 bits per heavy atom. The topological polar surface area (TPSA) is 96.2 Å². The van der Waals surface area contributed by atoms with Crippen LogP contribution in [0.3, 0.4) is 0 Å². The summed E-state index contributed by atoms with van der Waals surface area (Å²) in [5.41, 5.74) is 3.84. The van der Waals surface area contributed by atoms with Crippen molar-refractivity contribution in [3.63, 3.8) is 0 Å². The van der Waals surface area contributed by atoms with Gasteiger partial charge in [-0.15, -0.1) is 0 Å². The molecule has 9 atom stereocenters. The molecular formula is C34H52O6. The number of carbonyl (C=O) groups is 1. The van der Waals surface area contributed by atoms with Gasteiger partial charge < -0.3 is 24.8 Å². The van der Waals surface area contributed by atoms with Gasteiger partial charge in [-0.2, -0.15) is 0 Å². The lowest BCUT2D eigenvalue weighted by Gasteiger charge is -2.45. The average Bonchev–Trinajstić information content (AvgIpc) is 3.41. The van der Waals surface area contributed by atoms with E-state index in [-0.39, 0.29) is 30.0 Å². The zero-order chi connectivity index (χ0) is 29.0. The Labute approximate surface area is 241 Å². The summed E-state index contributed by atoms with van der Waals surface area (Å²) >= 11 is 0. The quantitative estimate of drug-likeness (QED) is 0.169. The number of carbonyl (C=O) groups excluding carboxylic acids is 1. The molecule has 1 saturated heterocycles. The number of ether oxygens (including phenoxy) is 2. The lowest BCUT2D eigenvalue weighted by molar-refractivity contribution is -0.140. The molecule has 6 nitrogen and oxygen atoms in total. The number of cyclic esters (lactones) is 1. The summed E-state index contributed by atoms with van der Waals surface area (Å²) < 4.78 is 11.5. The fraction of sp³-hybridized carbons (Fsp3) is 0.735. The highest BCUT2D eigenvalue weighted by atomic mass is 16.6. The molecule has 3 saturated carbocycles. The van der Waals surface area contributed by atoms with Crippen LogP contribution in [0.5, 0.6) is 0 Å². The Hall–Kier alpha value is -1.73. The van der Waals surface area contributed by atoms with E-state index in [9.17, 15) is 15.0 Å². The Kier molecular flexibility index (Phi) is 10.5. The monoisotopic (exact) mass is 556 g/mol. The van der Waals surface area contributed by atoms with Crippen molar-refractivity contribution in [1.29, 1.82) is 0 Å². The number of hydrogen-bond acceptors (Lipinski definition) is 6. The zero-order valence-corrected chi connectivity index (χ0v) is 24.9. The maximum atomic E-state index is 12.3. The molecule has 4 aliphatic rings. The minimum absolute atomic E-state index is 0.0154. The Morgan fingerprint density at radius 2 is 1.95 bits per heavy atom. The van der Waals surface area contributed by atoms with Crippen LogP contribution in [0.1, 0.15) is 91.4 Å². The van der Waals surface area contributed by atoms with Gasteiger partial charge >= 0.3 is 5.97 Å². The van der Waals surface area contributed by atoms with Crippen LogP contribution in [0.4, 0.5) is 0 Å². The van der Waals surface area contributed by atoms with Crippen LogP contribution in [-0.2, 0) is 14.3 Å². The van der Waals surface area contributed by atoms with E-state index in [4.69, 9.17) is 14.6 Å². The van der Waals surface area contributed by atoms with Crippen molar-refractivity contribution >= 4 is 5.97 Å². The van der Waals surface area contributed by atoms with E-state index in [0.29, 0.717) is 48.3 Å². The van der Waals surface area contributed by atoms with Gasteiger partial charge in [0, 0.05) is 31.1 Å². The molecule has 40 heavy (non-hydrogen) atoms. The summed E-state index contributed by atoms with van der Waals surface area (Å²) in [5, 5.41) is 30.5. The summed E-state index contributed by atoms with van der Waals surface area (Å²) in [5.74, 6) is 1.52. The van der Waals surface area contributed by atoms with Crippen LogP contribution in [-0.4, -0.2) is 58.9 Å². The molecule has 0 bridgehead atoms. The number of unbranched alkanes of at least 4 members (excludes halogenated alkanes) is 1. The van der Waals surface area contributed by atoms with Gasteiger partial charge in [0.2, 0.25) is 0 Å². The largest absolute Gasteiger partial charge is 0.458 e. The average molecular weight is 557 g/mol. The minimum Gasteiger partial charge on any atom is -0.458 e. The van der Waals surface area contributed by atoms with Gasteiger partial charge in [-0.05, 0) is 85.7 Å². The second-order valence-corrected chi connectivity index (χ2v) is 13.1. The first-order chi connectivity index (χ1) is 19.1. The van der Waals surface area contributed by atoms with E-state index in [1.165, 1.54) is 24.8 Å². The summed E-state index contributed by atoms with van der Waals surface area (Å²) in [7, 11) is 0. The molecule has 4 rings (SSSR count). The first-order valence-electron chi connectivity index (χ1n) is 15.7. The molecule has 3 aliphatic carbocycles. The Balaban J connectivity index is 1.44. The van der Waals surface area contributed by atoms with Crippen LogP contribution in [0, 0.1) is 29.1 Å². The van der Waals surface area contributed by atoms with Crippen LogP contribution in [0.2, 0.25) is 0 Å². The third-order valence-corrected chi connectivity index (χ3v) is 10.6. The molecule has 1 heterocycles. The van der Waals surface area contributed by atoms with E-state index >= 15 is 0 Å². The number of rotatable bonds is 11. The van der Waals surface area contributed by atoms with E-state index in [2.05, 4.69) is 46.1 Å². The smallest absolute Gasteiger partial charge is 0.334 e. The van der Waals surface area contributed by atoms with Crippen molar-refractivity contribution in [1.82, 2.24) is 0 Å². The fourth-order valence-electron chi connectivity index (χ4n) is 8.35. The normalized spacial score (nSPS) is 39.1. The van der Waals surface area contributed by atoms with Crippen LogP contribution in [0.15, 0.2) is 47.6 Å². The number of aliphatic hydroxyl groups is 3. The Morgan fingerprint density at radius 1 is 1.18 bits per heavy atom. The minimum atomic E-state index is -0.956. The standard InChI is InChI=1S/C34H52O6/c1-6-7-11-26-23(4)33(38)40-30(26)19-21(2)27-14-15-28-24(10-8-16-34(27,28)5)12-13-25-20-29(36)32(31(37)22(25)3)39-18-9-17-35/h12-13,21,26-32,35-37H,3-4,6-11,14-20H2,1-2,5H3/b24-12+,25-13-/t21-,26-,27-,28+,29-,30-,31-,32+,34-/m1/s1. The number of aliphatic hydroxyl groups excluding tert-OH is 3. The molecule has 1 aliphatic heterocycles.